The van der Waals surface area contributed by atoms with Gasteiger partial charge >= 0.3 is 5.97 Å². The Labute approximate surface area is 164 Å². The fraction of sp³-hybridized carbons (Fsp3) is 0.571. The summed E-state index contributed by atoms with van der Waals surface area (Å²) >= 11 is 0. The fourth-order valence-electron chi connectivity index (χ4n) is 4.55. The van der Waals surface area contributed by atoms with Crippen LogP contribution < -0.4 is 15.5 Å². The Balaban J connectivity index is 1.36. The number of nitrogens with one attached hydrogen (secondary N) is 2. The van der Waals surface area contributed by atoms with E-state index in [1.165, 1.54) is 6.42 Å². The number of ether oxygens (including phenoxy) is 1. The van der Waals surface area contributed by atoms with Crippen LogP contribution in [-0.4, -0.2) is 43.0 Å². The van der Waals surface area contributed by atoms with Gasteiger partial charge in [-0.25, -0.2) is 4.79 Å². The van der Waals surface area contributed by atoms with Gasteiger partial charge in [-0.1, -0.05) is 19.8 Å². The van der Waals surface area contributed by atoms with Gasteiger partial charge in [-0.2, -0.15) is 0 Å². The number of fused-ring (bicyclic) bond motifs is 3. The van der Waals surface area contributed by atoms with E-state index in [9.17, 15) is 14.4 Å². The Bertz CT molecular complexity index is 794. The summed E-state index contributed by atoms with van der Waals surface area (Å²) in [5, 5.41) is 5.86. The second-order valence-corrected chi connectivity index (χ2v) is 8.08. The van der Waals surface area contributed by atoms with Crippen LogP contribution in [0.25, 0.3) is 0 Å². The normalized spacial score (nSPS) is 26.1. The number of carbonyl (C=O) groups is 3. The lowest BCUT2D eigenvalue weighted by atomic mass is 9.86. The summed E-state index contributed by atoms with van der Waals surface area (Å²) in [4.78, 5) is 38.8. The van der Waals surface area contributed by atoms with Crippen LogP contribution in [0.5, 0.6) is 0 Å². The summed E-state index contributed by atoms with van der Waals surface area (Å²) in [7, 11) is 0. The second-order valence-electron chi connectivity index (χ2n) is 8.08. The first-order valence-electron chi connectivity index (χ1n) is 10.2. The first-order chi connectivity index (χ1) is 13.5. The molecule has 2 amide bonds. The van der Waals surface area contributed by atoms with Gasteiger partial charge in [0.05, 0.1) is 16.9 Å². The summed E-state index contributed by atoms with van der Waals surface area (Å²) in [5.74, 6) is -0.408. The molecule has 1 aliphatic carbocycles. The Morgan fingerprint density at radius 1 is 1.21 bits per heavy atom. The highest BCUT2D eigenvalue weighted by Gasteiger charge is 2.36. The van der Waals surface area contributed by atoms with Gasteiger partial charge in [-0.15, -0.1) is 0 Å². The first-order valence-corrected chi connectivity index (χ1v) is 10.2. The lowest BCUT2D eigenvalue weighted by molar-refractivity contribution is -0.125. The van der Waals surface area contributed by atoms with E-state index in [0.717, 1.165) is 44.3 Å². The van der Waals surface area contributed by atoms with Crippen LogP contribution in [0.3, 0.4) is 0 Å². The van der Waals surface area contributed by atoms with E-state index < -0.39 is 5.97 Å². The van der Waals surface area contributed by atoms with Crippen molar-refractivity contribution in [2.45, 2.75) is 57.5 Å². The third kappa shape index (κ3) is 3.70. The molecule has 1 saturated carbocycles. The maximum absolute atomic E-state index is 12.4. The smallest absolute Gasteiger partial charge is 0.338 e. The van der Waals surface area contributed by atoms with Crippen LogP contribution >= 0.6 is 0 Å². The van der Waals surface area contributed by atoms with Gasteiger partial charge in [-0.05, 0) is 49.8 Å². The molecule has 2 fully saturated rings. The molecule has 3 atom stereocenters. The molecular formula is C21H27N3O4. The number of amides is 2. The Kier molecular flexibility index (Phi) is 5.24. The molecule has 1 aromatic carbocycles. The average molecular weight is 385 g/mol. The van der Waals surface area contributed by atoms with E-state index in [4.69, 9.17) is 4.74 Å². The minimum Gasteiger partial charge on any atom is -0.452 e. The largest absolute Gasteiger partial charge is 0.452 e. The van der Waals surface area contributed by atoms with Crippen molar-refractivity contribution in [1.82, 2.24) is 5.32 Å². The quantitative estimate of drug-likeness (QED) is 0.778. The van der Waals surface area contributed by atoms with E-state index in [-0.39, 0.29) is 30.5 Å². The molecule has 0 aromatic heterocycles. The highest BCUT2D eigenvalue weighted by atomic mass is 16.5. The van der Waals surface area contributed by atoms with Crippen LogP contribution in [0, 0.1) is 5.92 Å². The summed E-state index contributed by atoms with van der Waals surface area (Å²) in [6.45, 7) is 2.69. The number of nitrogens with zero attached hydrogens (tertiary/aromatic N) is 1. The SMILES string of the molecule is C[C@H]1CCCC[C@H]1NC(=O)COC(=O)c1ccc2c(c1)NC(=O)[C@H]1CCCN21. The van der Waals surface area contributed by atoms with E-state index >= 15 is 0 Å². The van der Waals surface area contributed by atoms with Crippen LogP contribution in [-0.2, 0) is 14.3 Å². The van der Waals surface area contributed by atoms with Crippen molar-refractivity contribution >= 4 is 29.2 Å². The zero-order chi connectivity index (χ0) is 19.7. The molecular weight excluding hydrogens is 358 g/mol. The van der Waals surface area contributed by atoms with Crippen molar-refractivity contribution in [3.05, 3.63) is 23.8 Å². The summed E-state index contributed by atoms with van der Waals surface area (Å²) in [5.41, 5.74) is 1.89. The topological polar surface area (TPSA) is 87.7 Å². The molecule has 0 radical (unpaired) electrons. The third-order valence-electron chi connectivity index (χ3n) is 6.15. The molecule has 2 aliphatic heterocycles. The van der Waals surface area contributed by atoms with Crippen LogP contribution in [0.2, 0.25) is 0 Å². The molecule has 150 valence electrons. The number of anilines is 2. The third-order valence-corrected chi connectivity index (χ3v) is 6.15. The molecule has 7 nitrogen and oxygen atoms in total. The minimum absolute atomic E-state index is 0.0310. The number of rotatable bonds is 4. The molecule has 2 heterocycles. The highest BCUT2D eigenvalue weighted by molar-refractivity contribution is 6.05. The van der Waals surface area contributed by atoms with Gasteiger partial charge in [0.2, 0.25) is 5.91 Å². The monoisotopic (exact) mass is 385 g/mol. The summed E-state index contributed by atoms with van der Waals surface area (Å²) in [6, 6.07) is 5.21. The van der Waals surface area contributed by atoms with Crippen molar-refractivity contribution in [3.8, 4) is 0 Å². The zero-order valence-corrected chi connectivity index (χ0v) is 16.2. The summed E-state index contributed by atoms with van der Waals surface area (Å²) < 4.78 is 5.19. The number of benzene rings is 1. The number of carbonyl (C=O) groups excluding carboxylic acids is 3. The van der Waals surface area contributed by atoms with E-state index in [0.29, 0.717) is 17.2 Å². The van der Waals surface area contributed by atoms with Gasteiger partial charge in [0, 0.05) is 12.6 Å². The second kappa shape index (κ2) is 7.81. The van der Waals surface area contributed by atoms with Crippen LogP contribution in [0.4, 0.5) is 11.4 Å². The van der Waals surface area contributed by atoms with Crippen molar-refractivity contribution in [2.75, 3.05) is 23.4 Å². The highest BCUT2D eigenvalue weighted by Crippen LogP contribution is 2.37. The van der Waals surface area contributed by atoms with Crippen molar-refractivity contribution in [1.29, 1.82) is 0 Å². The molecule has 0 spiro atoms. The minimum atomic E-state index is -0.563. The molecule has 4 rings (SSSR count). The predicted molar refractivity (Wildman–Crippen MR) is 105 cm³/mol. The van der Waals surface area contributed by atoms with Crippen molar-refractivity contribution in [2.24, 2.45) is 5.92 Å². The van der Waals surface area contributed by atoms with Gasteiger partial charge in [0.1, 0.15) is 6.04 Å². The van der Waals surface area contributed by atoms with Gasteiger partial charge < -0.3 is 20.3 Å². The lowest BCUT2D eigenvalue weighted by Gasteiger charge is -2.33. The number of esters is 1. The van der Waals surface area contributed by atoms with E-state index in [2.05, 4.69) is 22.5 Å². The predicted octanol–water partition coefficient (Wildman–Crippen LogP) is 2.46. The Hall–Kier alpha value is -2.57. The van der Waals surface area contributed by atoms with Gasteiger partial charge in [0.15, 0.2) is 6.61 Å². The molecule has 2 N–H and O–H groups in total. The number of hydrogen-bond acceptors (Lipinski definition) is 5. The zero-order valence-electron chi connectivity index (χ0n) is 16.2. The maximum Gasteiger partial charge on any atom is 0.338 e. The molecule has 0 bridgehead atoms. The van der Waals surface area contributed by atoms with Crippen molar-refractivity contribution < 1.29 is 19.1 Å². The first kappa shape index (κ1) is 18.8. The Morgan fingerprint density at radius 2 is 2.04 bits per heavy atom. The number of hydrogen-bond donors (Lipinski definition) is 2. The molecule has 7 heteroatoms. The van der Waals surface area contributed by atoms with Gasteiger partial charge in [0.25, 0.3) is 5.91 Å². The van der Waals surface area contributed by atoms with Crippen molar-refractivity contribution in [3.63, 3.8) is 0 Å². The molecule has 3 aliphatic rings. The lowest BCUT2D eigenvalue weighted by Crippen LogP contribution is -2.44. The van der Waals surface area contributed by atoms with Gasteiger partial charge in [-0.3, -0.25) is 9.59 Å². The average Bonchev–Trinajstić information content (AvgIpc) is 3.18. The Morgan fingerprint density at radius 3 is 2.86 bits per heavy atom. The van der Waals surface area contributed by atoms with Crippen LogP contribution in [0.15, 0.2) is 18.2 Å². The summed E-state index contributed by atoms with van der Waals surface area (Å²) in [6.07, 6.45) is 6.25. The van der Waals surface area contributed by atoms with Crippen LogP contribution in [0.1, 0.15) is 55.8 Å². The molecule has 1 aromatic rings. The maximum atomic E-state index is 12.4. The van der Waals surface area contributed by atoms with E-state index in [1.807, 2.05) is 6.07 Å². The molecule has 0 unspecified atom stereocenters. The fourth-order valence-corrected chi connectivity index (χ4v) is 4.55. The standard InChI is InChI=1S/C21H27N3O4/c1-13-5-2-3-6-15(13)22-19(25)12-28-21(27)14-8-9-17-16(11-14)23-20(26)18-7-4-10-24(17)18/h8-9,11,13,15,18H,2-7,10,12H2,1H3,(H,22,25)(H,23,26)/t13-,15+,18+/m0/s1. The molecule has 28 heavy (non-hydrogen) atoms. The molecule has 1 saturated heterocycles. The van der Waals surface area contributed by atoms with E-state index in [1.54, 1.807) is 12.1 Å².